The lowest BCUT2D eigenvalue weighted by molar-refractivity contribution is 0.101. The Kier molecular flexibility index (Phi) is 3.51. The molecular formula is C18H28N2. The van der Waals surface area contributed by atoms with Crippen molar-refractivity contribution in [3.8, 4) is 0 Å². The Morgan fingerprint density at radius 3 is 2.35 bits per heavy atom. The number of hydrogen-bond donors (Lipinski definition) is 0. The van der Waals surface area contributed by atoms with Crippen LogP contribution in [0.5, 0.6) is 0 Å². The van der Waals surface area contributed by atoms with Gasteiger partial charge in [-0.25, -0.2) is 0 Å². The number of pyridine rings is 1. The molecule has 3 rings (SSSR count). The fourth-order valence-corrected chi connectivity index (χ4v) is 4.21. The lowest BCUT2D eigenvalue weighted by Crippen LogP contribution is -2.34. The maximum atomic E-state index is 4.13. The first kappa shape index (κ1) is 13.9. The summed E-state index contributed by atoms with van der Waals surface area (Å²) in [5.74, 6) is 0.920. The topological polar surface area (TPSA) is 16.1 Å². The van der Waals surface area contributed by atoms with Crippen molar-refractivity contribution in [3.63, 3.8) is 0 Å². The second kappa shape index (κ2) is 5.05. The van der Waals surface area contributed by atoms with Crippen LogP contribution >= 0.6 is 0 Å². The van der Waals surface area contributed by atoms with Crippen LogP contribution in [-0.4, -0.2) is 18.1 Å². The molecule has 2 heterocycles. The summed E-state index contributed by atoms with van der Waals surface area (Å²) in [6.45, 7) is 9.72. The number of anilines is 1. The minimum atomic E-state index is 0.491. The van der Waals surface area contributed by atoms with Crippen LogP contribution in [0, 0.1) is 16.7 Å². The van der Waals surface area contributed by atoms with E-state index in [4.69, 9.17) is 0 Å². The third kappa shape index (κ3) is 2.70. The van der Waals surface area contributed by atoms with Crippen molar-refractivity contribution in [1.29, 1.82) is 0 Å². The summed E-state index contributed by atoms with van der Waals surface area (Å²) in [5, 5.41) is 0. The van der Waals surface area contributed by atoms with E-state index in [1.807, 2.05) is 12.4 Å². The van der Waals surface area contributed by atoms with E-state index in [-0.39, 0.29) is 0 Å². The lowest BCUT2D eigenvalue weighted by Gasteiger charge is -2.42. The van der Waals surface area contributed by atoms with Crippen molar-refractivity contribution >= 4 is 5.69 Å². The van der Waals surface area contributed by atoms with Gasteiger partial charge in [0, 0.05) is 31.2 Å². The first-order valence-corrected chi connectivity index (χ1v) is 8.14. The molecule has 1 spiro atoms. The summed E-state index contributed by atoms with van der Waals surface area (Å²) >= 11 is 0. The van der Waals surface area contributed by atoms with E-state index in [0.717, 1.165) is 5.92 Å². The van der Waals surface area contributed by atoms with Crippen molar-refractivity contribution in [2.24, 2.45) is 16.7 Å². The Morgan fingerprint density at radius 1 is 1.10 bits per heavy atom. The Labute approximate surface area is 123 Å². The van der Waals surface area contributed by atoms with E-state index in [1.165, 1.54) is 50.9 Å². The van der Waals surface area contributed by atoms with Crippen LogP contribution in [0.4, 0.5) is 5.69 Å². The highest BCUT2D eigenvalue weighted by Gasteiger charge is 2.42. The van der Waals surface area contributed by atoms with Crippen molar-refractivity contribution in [2.75, 3.05) is 18.0 Å². The van der Waals surface area contributed by atoms with E-state index >= 15 is 0 Å². The third-order valence-corrected chi connectivity index (χ3v) is 5.74. The molecule has 2 heteroatoms. The summed E-state index contributed by atoms with van der Waals surface area (Å²) in [6.07, 6.45) is 10.9. The average Bonchev–Trinajstić information content (AvgIpc) is 2.83. The molecule has 2 aliphatic rings. The third-order valence-electron chi connectivity index (χ3n) is 5.74. The van der Waals surface area contributed by atoms with Crippen molar-refractivity contribution < 1.29 is 0 Å². The van der Waals surface area contributed by atoms with Crippen LogP contribution in [0.2, 0.25) is 0 Å². The molecule has 0 N–H and O–H groups in total. The van der Waals surface area contributed by atoms with Crippen LogP contribution in [-0.2, 0) is 0 Å². The molecule has 0 bridgehead atoms. The van der Waals surface area contributed by atoms with Crippen molar-refractivity contribution in [2.45, 2.75) is 52.9 Å². The molecule has 1 saturated carbocycles. The highest BCUT2D eigenvalue weighted by molar-refractivity contribution is 5.46. The molecule has 1 aliphatic carbocycles. The van der Waals surface area contributed by atoms with Crippen molar-refractivity contribution in [3.05, 3.63) is 24.5 Å². The van der Waals surface area contributed by atoms with Gasteiger partial charge in [-0.2, -0.15) is 0 Å². The molecule has 1 saturated heterocycles. The monoisotopic (exact) mass is 272 g/mol. The van der Waals surface area contributed by atoms with Gasteiger partial charge in [0.2, 0.25) is 0 Å². The highest BCUT2D eigenvalue weighted by Crippen LogP contribution is 2.50. The standard InChI is InChI=1S/C18H28N2/c1-17(2,3)15-4-8-18(9-5-15)10-13-20(14-18)16-6-11-19-12-7-16/h6-7,11-12,15H,4-5,8-10,13-14H2,1-3H3. The van der Waals surface area contributed by atoms with E-state index in [2.05, 4.69) is 42.8 Å². The Morgan fingerprint density at radius 2 is 1.75 bits per heavy atom. The molecule has 0 amide bonds. The molecule has 110 valence electrons. The average molecular weight is 272 g/mol. The van der Waals surface area contributed by atoms with Gasteiger partial charge in [0.15, 0.2) is 0 Å². The van der Waals surface area contributed by atoms with Gasteiger partial charge < -0.3 is 4.90 Å². The summed E-state index contributed by atoms with van der Waals surface area (Å²) in [5.41, 5.74) is 2.45. The molecule has 2 nitrogen and oxygen atoms in total. The summed E-state index contributed by atoms with van der Waals surface area (Å²) in [6, 6.07) is 4.31. The number of nitrogens with zero attached hydrogens (tertiary/aromatic N) is 2. The van der Waals surface area contributed by atoms with Crippen LogP contribution in [0.15, 0.2) is 24.5 Å². The minimum Gasteiger partial charge on any atom is -0.371 e. The predicted octanol–water partition coefficient (Wildman–Crippen LogP) is 4.51. The van der Waals surface area contributed by atoms with Gasteiger partial charge in [-0.05, 0) is 61.0 Å². The smallest absolute Gasteiger partial charge is 0.0397 e. The summed E-state index contributed by atoms with van der Waals surface area (Å²) in [7, 11) is 0. The van der Waals surface area contributed by atoms with Gasteiger partial charge in [-0.3, -0.25) is 4.98 Å². The van der Waals surface area contributed by atoms with Gasteiger partial charge in [0.05, 0.1) is 0 Å². The summed E-state index contributed by atoms with van der Waals surface area (Å²) < 4.78 is 0. The molecule has 20 heavy (non-hydrogen) atoms. The van der Waals surface area contributed by atoms with Crippen LogP contribution in [0.3, 0.4) is 0 Å². The number of hydrogen-bond acceptors (Lipinski definition) is 2. The minimum absolute atomic E-state index is 0.491. The SMILES string of the molecule is CC(C)(C)C1CCC2(CC1)CCN(c1ccncc1)C2. The molecular weight excluding hydrogens is 244 g/mol. The first-order chi connectivity index (χ1) is 9.49. The Bertz CT molecular complexity index is 438. The normalized spacial score (nSPS) is 30.9. The van der Waals surface area contributed by atoms with Crippen molar-refractivity contribution in [1.82, 2.24) is 4.98 Å². The van der Waals surface area contributed by atoms with Gasteiger partial charge in [-0.15, -0.1) is 0 Å². The zero-order valence-corrected chi connectivity index (χ0v) is 13.2. The summed E-state index contributed by atoms with van der Waals surface area (Å²) in [4.78, 5) is 6.70. The number of aromatic nitrogens is 1. The van der Waals surface area contributed by atoms with E-state index < -0.39 is 0 Å². The fourth-order valence-electron chi connectivity index (χ4n) is 4.21. The van der Waals surface area contributed by atoms with Crippen LogP contribution in [0.25, 0.3) is 0 Å². The molecule has 0 aromatic carbocycles. The molecule has 0 atom stereocenters. The molecule has 1 aromatic rings. The predicted molar refractivity (Wildman–Crippen MR) is 84.9 cm³/mol. The zero-order valence-electron chi connectivity index (χ0n) is 13.2. The number of rotatable bonds is 1. The molecule has 2 fully saturated rings. The Hall–Kier alpha value is -1.05. The van der Waals surface area contributed by atoms with E-state index in [0.29, 0.717) is 10.8 Å². The van der Waals surface area contributed by atoms with Gasteiger partial charge in [0.1, 0.15) is 0 Å². The first-order valence-electron chi connectivity index (χ1n) is 8.14. The zero-order chi connectivity index (χ0) is 14.2. The maximum Gasteiger partial charge on any atom is 0.0397 e. The highest BCUT2D eigenvalue weighted by atomic mass is 15.2. The maximum absolute atomic E-state index is 4.13. The molecule has 0 radical (unpaired) electrons. The van der Waals surface area contributed by atoms with Gasteiger partial charge >= 0.3 is 0 Å². The molecule has 1 aliphatic heterocycles. The van der Waals surface area contributed by atoms with E-state index in [9.17, 15) is 0 Å². The van der Waals surface area contributed by atoms with Gasteiger partial charge in [-0.1, -0.05) is 20.8 Å². The van der Waals surface area contributed by atoms with Crippen LogP contribution < -0.4 is 4.90 Å². The second-order valence-corrected chi connectivity index (χ2v) is 8.02. The molecule has 1 aromatic heterocycles. The fraction of sp³-hybridized carbons (Fsp3) is 0.722. The second-order valence-electron chi connectivity index (χ2n) is 8.02. The quantitative estimate of drug-likeness (QED) is 0.747. The molecule has 0 unspecified atom stereocenters. The Balaban J connectivity index is 1.63. The van der Waals surface area contributed by atoms with Gasteiger partial charge in [0.25, 0.3) is 0 Å². The largest absolute Gasteiger partial charge is 0.371 e. The van der Waals surface area contributed by atoms with E-state index in [1.54, 1.807) is 0 Å². The van der Waals surface area contributed by atoms with Crippen LogP contribution in [0.1, 0.15) is 52.9 Å². The lowest BCUT2D eigenvalue weighted by atomic mass is 9.64.